The first kappa shape index (κ1) is 16.1. The topological polar surface area (TPSA) is 60.2 Å². The average molecular weight is 340 g/mol. The largest absolute Gasteiger partial charge is 0.497 e. The molecule has 2 aromatic rings. The van der Waals surface area contributed by atoms with Crippen molar-refractivity contribution in [3.05, 3.63) is 41.5 Å². The second-order valence-electron chi connectivity index (χ2n) is 7.06. The standard InChI is InChI=1S/C19H24N4O2/c1-14-20-21-17-13-22(11-12-23(14)17)18(24)19(9-3-4-10-19)15-5-7-16(25-2)8-6-15/h5-8H,3-4,9-13H2,1-2H3. The third-order valence-electron chi connectivity index (χ3n) is 5.73. The summed E-state index contributed by atoms with van der Waals surface area (Å²) in [6, 6.07) is 8.02. The maximum absolute atomic E-state index is 13.5. The van der Waals surface area contributed by atoms with Crippen LogP contribution in [0.1, 0.15) is 42.9 Å². The van der Waals surface area contributed by atoms with Crippen LogP contribution in [-0.2, 0) is 23.3 Å². The molecule has 1 aliphatic heterocycles. The lowest BCUT2D eigenvalue weighted by molar-refractivity contribution is -0.139. The Morgan fingerprint density at radius 3 is 2.52 bits per heavy atom. The molecular weight excluding hydrogens is 316 g/mol. The van der Waals surface area contributed by atoms with Crippen LogP contribution >= 0.6 is 0 Å². The quantitative estimate of drug-likeness (QED) is 0.861. The molecule has 0 saturated heterocycles. The van der Waals surface area contributed by atoms with Crippen LogP contribution in [0.25, 0.3) is 0 Å². The first-order chi connectivity index (χ1) is 12.1. The maximum Gasteiger partial charge on any atom is 0.233 e. The molecule has 132 valence electrons. The smallest absolute Gasteiger partial charge is 0.233 e. The van der Waals surface area contributed by atoms with Crippen LogP contribution in [0.15, 0.2) is 24.3 Å². The van der Waals surface area contributed by atoms with E-state index < -0.39 is 5.41 Å². The molecule has 6 nitrogen and oxygen atoms in total. The van der Waals surface area contributed by atoms with Crippen molar-refractivity contribution >= 4 is 5.91 Å². The van der Waals surface area contributed by atoms with Crippen LogP contribution in [0.2, 0.25) is 0 Å². The minimum atomic E-state index is -0.399. The van der Waals surface area contributed by atoms with Gasteiger partial charge in [0.15, 0.2) is 5.82 Å². The Kier molecular flexibility index (Phi) is 3.98. The summed E-state index contributed by atoms with van der Waals surface area (Å²) >= 11 is 0. The van der Waals surface area contributed by atoms with E-state index in [1.807, 2.05) is 24.0 Å². The molecule has 1 amide bonds. The third-order valence-corrected chi connectivity index (χ3v) is 5.73. The van der Waals surface area contributed by atoms with Gasteiger partial charge in [0.1, 0.15) is 11.6 Å². The van der Waals surface area contributed by atoms with E-state index in [2.05, 4.69) is 26.9 Å². The van der Waals surface area contributed by atoms with E-state index in [0.717, 1.165) is 61.7 Å². The number of aromatic nitrogens is 3. The van der Waals surface area contributed by atoms with Gasteiger partial charge in [-0.1, -0.05) is 25.0 Å². The SMILES string of the molecule is COc1ccc(C2(C(=O)N3CCn4c(C)nnc4C3)CCCC2)cc1. The Morgan fingerprint density at radius 1 is 1.12 bits per heavy atom. The first-order valence-corrected chi connectivity index (χ1v) is 8.97. The highest BCUT2D eigenvalue weighted by molar-refractivity contribution is 5.88. The van der Waals surface area contributed by atoms with E-state index in [-0.39, 0.29) is 5.91 Å². The molecule has 0 atom stereocenters. The first-order valence-electron chi connectivity index (χ1n) is 8.97. The molecule has 2 heterocycles. The second kappa shape index (κ2) is 6.17. The summed E-state index contributed by atoms with van der Waals surface area (Å²) in [6.07, 6.45) is 4.03. The summed E-state index contributed by atoms with van der Waals surface area (Å²) < 4.78 is 7.38. The molecule has 1 aromatic carbocycles. The molecule has 1 aliphatic carbocycles. The second-order valence-corrected chi connectivity index (χ2v) is 7.06. The molecule has 0 N–H and O–H groups in total. The molecule has 0 bridgehead atoms. The van der Waals surface area contributed by atoms with Crippen molar-refractivity contribution in [1.82, 2.24) is 19.7 Å². The van der Waals surface area contributed by atoms with Gasteiger partial charge in [-0.25, -0.2) is 0 Å². The van der Waals surface area contributed by atoms with Crippen molar-refractivity contribution in [2.75, 3.05) is 13.7 Å². The van der Waals surface area contributed by atoms with E-state index >= 15 is 0 Å². The van der Waals surface area contributed by atoms with Crippen molar-refractivity contribution in [3.8, 4) is 5.75 Å². The number of amides is 1. The molecule has 0 radical (unpaired) electrons. The van der Waals surface area contributed by atoms with Crippen molar-refractivity contribution < 1.29 is 9.53 Å². The molecule has 4 rings (SSSR count). The number of fused-ring (bicyclic) bond motifs is 1. The van der Waals surface area contributed by atoms with Gasteiger partial charge in [0.2, 0.25) is 5.91 Å². The molecule has 2 aliphatic rings. The zero-order chi connectivity index (χ0) is 17.4. The molecule has 0 unspecified atom stereocenters. The van der Waals surface area contributed by atoms with Crippen LogP contribution in [0, 0.1) is 6.92 Å². The van der Waals surface area contributed by atoms with Crippen LogP contribution in [0.5, 0.6) is 5.75 Å². The number of nitrogens with zero attached hydrogens (tertiary/aromatic N) is 4. The van der Waals surface area contributed by atoms with Crippen LogP contribution in [0.4, 0.5) is 0 Å². The van der Waals surface area contributed by atoms with Crippen molar-refractivity contribution in [3.63, 3.8) is 0 Å². The van der Waals surface area contributed by atoms with Gasteiger partial charge < -0.3 is 14.2 Å². The summed E-state index contributed by atoms with van der Waals surface area (Å²) in [5.41, 5.74) is 0.711. The number of aryl methyl sites for hydroxylation is 1. The Balaban J connectivity index is 1.63. The summed E-state index contributed by atoms with van der Waals surface area (Å²) in [7, 11) is 1.66. The summed E-state index contributed by atoms with van der Waals surface area (Å²) in [5, 5.41) is 8.38. The fourth-order valence-electron chi connectivity index (χ4n) is 4.29. The van der Waals surface area contributed by atoms with Gasteiger partial charge in [-0.2, -0.15) is 0 Å². The van der Waals surface area contributed by atoms with Gasteiger partial charge in [0.25, 0.3) is 0 Å². The molecule has 1 saturated carbocycles. The third kappa shape index (κ3) is 2.60. The highest BCUT2D eigenvalue weighted by Crippen LogP contribution is 2.43. The van der Waals surface area contributed by atoms with Gasteiger partial charge in [0, 0.05) is 13.1 Å². The van der Waals surface area contributed by atoms with Crippen molar-refractivity contribution in [2.45, 2.75) is 51.1 Å². The minimum Gasteiger partial charge on any atom is -0.497 e. The normalized spacial score (nSPS) is 18.9. The lowest BCUT2D eigenvalue weighted by Gasteiger charge is -2.36. The molecular formula is C19H24N4O2. The predicted octanol–water partition coefficient (Wildman–Crippen LogP) is 2.45. The Morgan fingerprint density at radius 2 is 1.84 bits per heavy atom. The van der Waals surface area contributed by atoms with Gasteiger partial charge >= 0.3 is 0 Å². The monoisotopic (exact) mass is 340 g/mol. The van der Waals surface area contributed by atoms with E-state index in [0.29, 0.717) is 6.54 Å². The number of benzene rings is 1. The number of methoxy groups -OCH3 is 1. The zero-order valence-electron chi connectivity index (χ0n) is 14.9. The number of carbonyl (C=O) groups excluding carboxylic acids is 1. The zero-order valence-corrected chi connectivity index (χ0v) is 14.9. The van der Waals surface area contributed by atoms with E-state index in [1.165, 1.54) is 0 Å². The highest BCUT2D eigenvalue weighted by Gasteiger charge is 2.45. The van der Waals surface area contributed by atoms with Crippen molar-refractivity contribution in [2.24, 2.45) is 0 Å². The highest BCUT2D eigenvalue weighted by atomic mass is 16.5. The average Bonchev–Trinajstić information content (AvgIpc) is 3.29. The molecule has 0 spiro atoms. The van der Waals surface area contributed by atoms with Gasteiger partial charge in [0.05, 0.1) is 19.1 Å². The van der Waals surface area contributed by atoms with Gasteiger partial charge in [-0.3, -0.25) is 4.79 Å². The number of ether oxygens (including phenoxy) is 1. The van der Waals surface area contributed by atoms with E-state index in [1.54, 1.807) is 7.11 Å². The molecule has 25 heavy (non-hydrogen) atoms. The summed E-state index contributed by atoms with van der Waals surface area (Å²) in [6.45, 7) is 4.02. The number of hydrogen-bond donors (Lipinski definition) is 0. The summed E-state index contributed by atoms with van der Waals surface area (Å²) in [5.74, 6) is 2.88. The number of hydrogen-bond acceptors (Lipinski definition) is 4. The molecule has 6 heteroatoms. The summed E-state index contributed by atoms with van der Waals surface area (Å²) in [4.78, 5) is 15.5. The minimum absolute atomic E-state index is 0.238. The van der Waals surface area contributed by atoms with Crippen LogP contribution in [0.3, 0.4) is 0 Å². The number of rotatable bonds is 3. The molecule has 1 aromatic heterocycles. The van der Waals surface area contributed by atoms with Crippen LogP contribution in [-0.4, -0.2) is 39.2 Å². The fourth-order valence-corrected chi connectivity index (χ4v) is 4.29. The molecule has 1 fully saturated rings. The lowest BCUT2D eigenvalue weighted by Crippen LogP contribution is -2.48. The fraction of sp³-hybridized carbons (Fsp3) is 0.526. The van der Waals surface area contributed by atoms with Crippen molar-refractivity contribution in [1.29, 1.82) is 0 Å². The van der Waals surface area contributed by atoms with Gasteiger partial charge in [-0.15, -0.1) is 10.2 Å². The van der Waals surface area contributed by atoms with Crippen LogP contribution < -0.4 is 4.74 Å². The predicted molar refractivity (Wildman–Crippen MR) is 93.3 cm³/mol. The number of carbonyl (C=O) groups is 1. The Hall–Kier alpha value is -2.37. The maximum atomic E-state index is 13.5. The van der Waals surface area contributed by atoms with Gasteiger partial charge in [-0.05, 0) is 37.5 Å². The van der Waals surface area contributed by atoms with E-state index in [9.17, 15) is 4.79 Å². The Labute approximate surface area is 147 Å². The van der Waals surface area contributed by atoms with E-state index in [4.69, 9.17) is 4.74 Å². The Bertz CT molecular complexity index is 775. The lowest BCUT2D eigenvalue weighted by atomic mass is 9.77.